The molecule has 0 aliphatic heterocycles. The molecule has 2 heterocycles. The highest BCUT2D eigenvalue weighted by Gasteiger charge is 2.27. The van der Waals surface area contributed by atoms with Gasteiger partial charge in [-0.2, -0.15) is 5.10 Å². The smallest absolute Gasteiger partial charge is 0.267 e. The molecular formula is C25H22FN5O3. The molecule has 4 N–H and O–H groups in total. The average Bonchev–Trinajstić information content (AvgIpc) is 3.04. The zero-order valence-electron chi connectivity index (χ0n) is 18.8. The number of carbonyl (C=O) groups is 3. The van der Waals surface area contributed by atoms with Crippen LogP contribution < -0.4 is 11.5 Å². The Labute approximate surface area is 194 Å². The highest BCUT2D eigenvalue weighted by Crippen LogP contribution is 2.36. The molecular weight excluding hydrogens is 437 g/mol. The Kier molecular flexibility index (Phi) is 5.70. The SMILES string of the molecule is CC(=O)c1cccc(Cn2nc(C)c(-c3c(C(N)=O)nc4cc(F)ccc4c3C(N)=O)c2C)c1. The van der Waals surface area contributed by atoms with E-state index in [1.165, 1.54) is 19.1 Å². The van der Waals surface area contributed by atoms with Crippen LogP contribution in [0.4, 0.5) is 4.39 Å². The number of nitrogens with two attached hydrogens (primary N) is 2. The molecule has 8 nitrogen and oxygen atoms in total. The number of nitrogens with zero attached hydrogens (tertiary/aromatic N) is 3. The van der Waals surface area contributed by atoms with Gasteiger partial charge in [-0.3, -0.25) is 19.1 Å². The summed E-state index contributed by atoms with van der Waals surface area (Å²) >= 11 is 0. The minimum absolute atomic E-state index is 0.0168. The number of rotatable bonds is 6. The quantitative estimate of drug-likeness (QED) is 0.427. The number of primary amides is 2. The highest BCUT2D eigenvalue weighted by molar-refractivity contribution is 6.15. The Morgan fingerprint density at radius 3 is 2.38 bits per heavy atom. The molecule has 0 unspecified atom stereocenters. The van der Waals surface area contributed by atoms with Crippen LogP contribution in [0, 0.1) is 19.7 Å². The predicted molar refractivity (Wildman–Crippen MR) is 125 cm³/mol. The predicted octanol–water partition coefficient (Wildman–Crippen LogP) is 3.30. The van der Waals surface area contributed by atoms with Crippen molar-refractivity contribution in [1.82, 2.24) is 14.8 Å². The van der Waals surface area contributed by atoms with Gasteiger partial charge in [-0.15, -0.1) is 0 Å². The number of hydrogen-bond donors (Lipinski definition) is 2. The molecule has 0 aliphatic carbocycles. The molecule has 2 aromatic carbocycles. The largest absolute Gasteiger partial charge is 0.366 e. The highest BCUT2D eigenvalue weighted by atomic mass is 19.1. The molecule has 0 atom stereocenters. The zero-order valence-corrected chi connectivity index (χ0v) is 18.8. The van der Waals surface area contributed by atoms with Crippen molar-refractivity contribution in [3.8, 4) is 11.1 Å². The van der Waals surface area contributed by atoms with Crippen molar-refractivity contribution in [2.45, 2.75) is 27.3 Å². The Morgan fingerprint density at radius 2 is 1.74 bits per heavy atom. The van der Waals surface area contributed by atoms with Crippen molar-refractivity contribution in [2.24, 2.45) is 11.5 Å². The van der Waals surface area contributed by atoms with Gasteiger partial charge in [0.2, 0.25) is 5.91 Å². The van der Waals surface area contributed by atoms with E-state index in [0.29, 0.717) is 34.4 Å². The number of aryl methyl sites for hydroxylation is 1. The Bertz CT molecular complexity index is 1510. The molecule has 9 heteroatoms. The number of benzene rings is 2. The number of amides is 2. The third-order valence-corrected chi connectivity index (χ3v) is 5.73. The zero-order chi connectivity index (χ0) is 24.7. The summed E-state index contributed by atoms with van der Waals surface area (Å²) in [5, 5.41) is 4.89. The van der Waals surface area contributed by atoms with E-state index in [0.717, 1.165) is 11.6 Å². The Morgan fingerprint density at radius 1 is 1.00 bits per heavy atom. The molecule has 0 bridgehead atoms. The van der Waals surface area contributed by atoms with Gasteiger partial charge in [0, 0.05) is 33.8 Å². The number of carbonyl (C=O) groups excluding carboxylic acids is 3. The molecule has 0 aliphatic rings. The molecule has 4 rings (SSSR count). The van der Waals surface area contributed by atoms with Gasteiger partial charge in [-0.1, -0.05) is 18.2 Å². The molecule has 172 valence electrons. The summed E-state index contributed by atoms with van der Waals surface area (Å²) in [4.78, 5) is 41.0. The second kappa shape index (κ2) is 8.51. The maximum Gasteiger partial charge on any atom is 0.267 e. The van der Waals surface area contributed by atoms with Crippen LogP contribution in [-0.4, -0.2) is 32.4 Å². The molecule has 2 aromatic heterocycles. The number of Topliss-reactive ketones (excluding diaryl/α,β-unsaturated/α-hetero) is 1. The fourth-order valence-corrected chi connectivity index (χ4v) is 4.19. The summed E-state index contributed by atoms with van der Waals surface area (Å²) < 4.78 is 15.5. The topological polar surface area (TPSA) is 134 Å². The minimum Gasteiger partial charge on any atom is -0.366 e. The van der Waals surface area contributed by atoms with Crippen LogP contribution in [0.15, 0.2) is 42.5 Å². The lowest BCUT2D eigenvalue weighted by atomic mass is 9.92. The maximum atomic E-state index is 13.8. The van der Waals surface area contributed by atoms with E-state index in [-0.39, 0.29) is 28.1 Å². The van der Waals surface area contributed by atoms with Gasteiger partial charge in [-0.05, 0) is 44.5 Å². The van der Waals surface area contributed by atoms with E-state index >= 15 is 0 Å². The fraction of sp³-hybridized carbons (Fsp3) is 0.160. The third-order valence-electron chi connectivity index (χ3n) is 5.73. The van der Waals surface area contributed by atoms with Gasteiger partial charge >= 0.3 is 0 Å². The van der Waals surface area contributed by atoms with Crippen molar-refractivity contribution in [3.63, 3.8) is 0 Å². The fourth-order valence-electron chi connectivity index (χ4n) is 4.19. The molecule has 4 aromatic rings. The van der Waals surface area contributed by atoms with E-state index in [9.17, 15) is 18.8 Å². The van der Waals surface area contributed by atoms with E-state index in [1.807, 2.05) is 6.07 Å². The van der Waals surface area contributed by atoms with Crippen LogP contribution in [0.3, 0.4) is 0 Å². The summed E-state index contributed by atoms with van der Waals surface area (Å²) in [6.45, 7) is 5.36. The third kappa shape index (κ3) is 3.92. The van der Waals surface area contributed by atoms with E-state index in [4.69, 9.17) is 11.5 Å². The summed E-state index contributed by atoms with van der Waals surface area (Å²) in [6, 6.07) is 10.9. The lowest BCUT2D eigenvalue weighted by Crippen LogP contribution is -2.21. The number of hydrogen-bond acceptors (Lipinski definition) is 5. The minimum atomic E-state index is -0.885. The van der Waals surface area contributed by atoms with Crippen molar-refractivity contribution < 1.29 is 18.8 Å². The average molecular weight is 459 g/mol. The Hall–Kier alpha value is -4.40. The van der Waals surface area contributed by atoms with Crippen LogP contribution in [0.2, 0.25) is 0 Å². The summed E-state index contributed by atoms with van der Waals surface area (Å²) in [5.41, 5.74) is 14.5. The summed E-state index contributed by atoms with van der Waals surface area (Å²) in [7, 11) is 0. The number of halogens is 1. The van der Waals surface area contributed by atoms with Gasteiger partial charge in [0.1, 0.15) is 11.5 Å². The first kappa shape index (κ1) is 22.8. The number of ketones is 1. The second-order valence-electron chi connectivity index (χ2n) is 8.06. The molecule has 0 fully saturated rings. The normalized spacial score (nSPS) is 11.1. The number of pyridine rings is 1. The van der Waals surface area contributed by atoms with Crippen LogP contribution in [0.1, 0.15) is 55.1 Å². The van der Waals surface area contributed by atoms with Crippen molar-refractivity contribution in [1.29, 1.82) is 0 Å². The molecule has 0 radical (unpaired) electrons. The van der Waals surface area contributed by atoms with Gasteiger partial charge in [0.05, 0.1) is 23.3 Å². The van der Waals surface area contributed by atoms with Crippen LogP contribution in [-0.2, 0) is 6.54 Å². The van der Waals surface area contributed by atoms with Crippen molar-refractivity contribution in [3.05, 3.63) is 82.1 Å². The summed E-state index contributed by atoms with van der Waals surface area (Å²) in [6.07, 6.45) is 0. The molecule has 0 spiro atoms. The monoisotopic (exact) mass is 459 g/mol. The first-order valence-corrected chi connectivity index (χ1v) is 10.5. The van der Waals surface area contributed by atoms with Crippen LogP contribution in [0.25, 0.3) is 22.0 Å². The lowest BCUT2D eigenvalue weighted by Gasteiger charge is -2.15. The summed E-state index contributed by atoms with van der Waals surface area (Å²) in [5.74, 6) is -2.32. The standard InChI is InChI=1S/C25H22FN5O3/c1-12-20(13(2)31(30-12)11-15-5-4-6-16(9-15)14(3)32)22-21(24(27)33)18-8-7-17(26)10-19(18)29-23(22)25(28)34/h4-10H,11H2,1-3H3,(H2,27,33)(H2,28,34). The van der Waals surface area contributed by atoms with Crippen molar-refractivity contribution in [2.75, 3.05) is 0 Å². The number of fused-ring (bicyclic) bond motifs is 1. The van der Waals surface area contributed by atoms with Crippen LogP contribution in [0.5, 0.6) is 0 Å². The number of aromatic nitrogens is 3. The molecule has 34 heavy (non-hydrogen) atoms. The van der Waals surface area contributed by atoms with Gasteiger partial charge in [0.25, 0.3) is 5.91 Å². The van der Waals surface area contributed by atoms with Crippen molar-refractivity contribution >= 4 is 28.5 Å². The lowest BCUT2D eigenvalue weighted by molar-refractivity contribution is 0.0992. The van der Waals surface area contributed by atoms with Gasteiger partial charge < -0.3 is 11.5 Å². The van der Waals surface area contributed by atoms with E-state index in [2.05, 4.69) is 10.1 Å². The van der Waals surface area contributed by atoms with Gasteiger partial charge in [-0.25, -0.2) is 9.37 Å². The molecule has 2 amide bonds. The Balaban J connectivity index is 1.96. The second-order valence-corrected chi connectivity index (χ2v) is 8.06. The molecule has 0 saturated carbocycles. The van der Waals surface area contributed by atoms with E-state index in [1.54, 1.807) is 36.7 Å². The van der Waals surface area contributed by atoms with Gasteiger partial charge in [0.15, 0.2) is 5.78 Å². The van der Waals surface area contributed by atoms with E-state index < -0.39 is 17.6 Å². The first-order chi connectivity index (χ1) is 16.1. The molecule has 0 saturated heterocycles. The first-order valence-electron chi connectivity index (χ1n) is 10.5. The maximum absolute atomic E-state index is 13.8. The van der Waals surface area contributed by atoms with Crippen LogP contribution >= 0.6 is 0 Å².